The van der Waals surface area contributed by atoms with Crippen LogP contribution in [0.25, 0.3) is 5.65 Å². The topological polar surface area (TPSA) is 74.6 Å². The highest BCUT2D eigenvalue weighted by Crippen LogP contribution is 2.21. The number of methoxy groups -OCH3 is 1. The van der Waals surface area contributed by atoms with Gasteiger partial charge in [-0.3, -0.25) is 4.40 Å². The van der Waals surface area contributed by atoms with Gasteiger partial charge in [0.1, 0.15) is 5.75 Å². The summed E-state index contributed by atoms with van der Waals surface area (Å²) in [6.07, 6.45) is 1.69. The summed E-state index contributed by atoms with van der Waals surface area (Å²) in [5.41, 5.74) is 7.64. The minimum absolute atomic E-state index is 0.190. The zero-order valence-electron chi connectivity index (χ0n) is 11.0. The van der Waals surface area contributed by atoms with Gasteiger partial charge in [0.05, 0.1) is 13.7 Å². The fourth-order valence-electron chi connectivity index (χ4n) is 2.15. The van der Waals surface area contributed by atoms with Crippen molar-refractivity contribution < 1.29 is 4.74 Å². The van der Waals surface area contributed by atoms with Crippen molar-refractivity contribution in [1.29, 1.82) is 0 Å². The molecule has 0 saturated carbocycles. The van der Waals surface area contributed by atoms with Crippen LogP contribution in [-0.4, -0.2) is 21.3 Å². The van der Waals surface area contributed by atoms with Gasteiger partial charge < -0.3 is 10.5 Å². The first-order valence-corrected chi connectivity index (χ1v) is 6.15. The maximum Gasteiger partial charge on any atom is 0.350 e. The van der Waals surface area contributed by atoms with Crippen LogP contribution >= 0.6 is 0 Å². The summed E-state index contributed by atoms with van der Waals surface area (Å²) in [5, 5.41) is 4.28. The van der Waals surface area contributed by atoms with Gasteiger partial charge in [0.25, 0.3) is 0 Å². The summed E-state index contributed by atoms with van der Waals surface area (Å²) in [4.78, 5) is 12.2. The van der Waals surface area contributed by atoms with E-state index in [0.717, 1.165) is 5.56 Å². The maximum absolute atomic E-state index is 12.2. The quantitative estimate of drug-likeness (QED) is 0.724. The third-order valence-corrected chi connectivity index (χ3v) is 3.11. The number of aromatic nitrogens is 3. The van der Waals surface area contributed by atoms with Crippen molar-refractivity contribution in [2.75, 3.05) is 12.8 Å². The van der Waals surface area contributed by atoms with Crippen LogP contribution < -0.4 is 16.2 Å². The van der Waals surface area contributed by atoms with Crippen LogP contribution in [0, 0.1) is 0 Å². The van der Waals surface area contributed by atoms with Crippen molar-refractivity contribution in [3.8, 4) is 5.75 Å². The molecule has 6 nitrogen and oxygen atoms in total. The van der Waals surface area contributed by atoms with Crippen molar-refractivity contribution in [3.63, 3.8) is 0 Å². The Bertz CT molecular complexity index is 819. The summed E-state index contributed by atoms with van der Waals surface area (Å²) < 4.78 is 8.18. The predicted octanol–water partition coefficient (Wildman–Crippen LogP) is 1.14. The molecule has 6 heteroatoms. The molecular formula is C14H14N4O2. The number of nitrogens with zero attached hydrogens (tertiary/aromatic N) is 3. The molecule has 3 aromatic rings. The highest BCUT2D eigenvalue weighted by atomic mass is 16.5. The lowest BCUT2D eigenvalue weighted by molar-refractivity contribution is 0.407. The normalized spacial score (nSPS) is 10.8. The molecule has 0 radical (unpaired) electrons. The van der Waals surface area contributed by atoms with E-state index < -0.39 is 0 Å². The van der Waals surface area contributed by atoms with E-state index in [-0.39, 0.29) is 5.69 Å². The number of hydrogen-bond donors (Lipinski definition) is 1. The van der Waals surface area contributed by atoms with Crippen LogP contribution in [0.15, 0.2) is 47.4 Å². The average Bonchev–Trinajstić information content (AvgIpc) is 2.76. The second kappa shape index (κ2) is 4.73. The van der Waals surface area contributed by atoms with Gasteiger partial charge in [-0.15, -0.1) is 5.10 Å². The van der Waals surface area contributed by atoms with Gasteiger partial charge in [0.2, 0.25) is 0 Å². The van der Waals surface area contributed by atoms with Crippen LogP contribution in [0.5, 0.6) is 5.75 Å². The number of nitrogen functional groups attached to an aromatic ring is 1. The highest BCUT2D eigenvalue weighted by molar-refractivity contribution is 5.48. The Labute approximate surface area is 115 Å². The van der Waals surface area contributed by atoms with E-state index in [4.69, 9.17) is 10.5 Å². The number of pyridine rings is 1. The number of benzene rings is 1. The monoisotopic (exact) mass is 270 g/mol. The van der Waals surface area contributed by atoms with Crippen molar-refractivity contribution in [3.05, 3.63) is 58.6 Å². The van der Waals surface area contributed by atoms with Crippen LogP contribution in [0.1, 0.15) is 5.56 Å². The van der Waals surface area contributed by atoms with Crippen LogP contribution in [0.2, 0.25) is 0 Å². The molecule has 0 unspecified atom stereocenters. The van der Waals surface area contributed by atoms with Crippen molar-refractivity contribution >= 4 is 11.3 Å². The van der Waals surface area contributed by atoms with Gasteiger partial charge in [-0.1, -0.05) is 6.07 Å². The molecule has 2 N–H and O–H groups in total. The Kier molecular flexibility index (Phi) is 2.90. The standard InChI is InChI=1S/C14H14N4O2/c1-20-12-6-5-11(15)8-10(12)9-18-14(19)17-7-3-2-4-13(17)16-18/h2-8H,9,15H2,1H3. The van der Waals surface area contributed by atoms with Crippen LogP contribution in [-0.2, 0) is 6.54 Å². The first-order valence-electron chi connectivity index (χ1n) is 6.15. The highest BCUT2D eigenvalue weighted by Gasteiger charge is 2.10. The summed E-state index contributed by atoms with van der Waals surface area (Å²) in [6, 6.07) is 10.7. The SMILES string of the molecule is COc1ccc(N)cc1Cn1nc2ccccn2c1=O. The molecular weight excluding hydrogens is 256 g/mol. The van der Waals surface area contributed by atoms with Gasteiger partial charge in [0, 0.05) is 17.4 Å². The molecule has 1 aromatic carbocycles. The Hall–Kier alpha value is -2.76. The van der Waals surface area contributed by atoms with E-state index >= 15 is 0 Å². The first kappa shape index (κ1) is 12.3. The molecule has 102 valence electrons. The largest absolute Gasteiger partial charge is 0.496 e. The Morgan fingerprint density at radius 1 is 1.30 bits per heavy atom. The fourth-order valence-corrected chi connectivity index (χ4v) is 2.15. The number of hydrogen-bond acceptors (Lipinski definition) is 4. The third kappa shape index (κ3) is 2.01. The van der Waals surface area contributed by atoms with Crippen molar-refractivity contribution in [2.45, 2.75) is 6.54 Å². The molecule has 20 heavy (non-hydrogen) atoms. The van der Waals surface area contributed by atoms with E-state index in [0.29, 0.717) is 23.6 Å². The van der Waals surface area contributed by atoms with Gasteiger partial charge in [-0.25, -0.2) is 9.48 Å². The zero-order valence-corrected chi connectivity index (χ0v) is 11.0. The maximum atomic E-state index is 12.2. The second-order valence-corrected chi connectivity index (χ2v) is 4.44. The Morgan fingerprint density at radius 2 is 2.15 bits per heavy atom. The van der Waals surface area contributed by atoms with Gasteiger partial charge in [-0.2, -0.15) is 0 Å². The van der Waals surface area contributed by atoms with Crippen molar-refractivity contribution in [2.24, 2.45) is 0 Å². The Balaban J connectivity index is 2.07. The summed E-state index contributed by atoms with van der Waals surface area (Å²) in [7, 11) is 1.58. The van der Waals surface area contributed by atoms with Crippen LogP contribution in [0.4, 0.5) is 5.69 Å². The minimum Gasteiger partial charge on any atom is -0.496 e. The Morgan fingerprint density at radius 3 is 2.90 bits per heavy atom. The van der Waals surface area contributed by atoms with Crippen LogP contribution in [0.3, 0.4) is 0 Å². The molecule has 3 rings (SSSR count). The fraction of sp³-hybridized carbons (Fsp3) is 0.143. The summed E-state index contributed by atoms with van der Waals surface area (Å²) in [5.74, 6) is 0.683. The molecule has 2 aromatic heterocycles. The van der Waals surface area contributed by atoms with E-state index in [9.17, 15) is 4.79 Å². The van der Waals surface area contributed by atoms with Gasteiger partial charge in [0.15, 0.2) is 5.65 Å². The molecule has 0 atom stereocenters. The van der Waals surface area contributed by atoms with E-state index in [2.05, 4.69) is 5.10 Å². The summed E-state index contributed by atoms with van der Waals surface area (Å²) in [6.45, 7) is 0.314. The second-order valence-electron chi connectivity index (χ2n) is 4.44. The molecule has 0 aliphatic rings. The molecule has 2 heterocycles. The predicted molar refractivity (Wildman–Crippen MR) is 76.0 cm³/mol. The lowest BCUT2D eigenvalue weighted by Crippen LogP contribution is -2.21. The molecule has 0 spiro atoms. The average molecular weight is 270 g/mol. The first-order chi connectivity index (χ1) is 9.69. The van der Waals surface area contributed by atoms with E-state index in [1.54, 1.807) is 43.6 Å². The lowest BCUT2D eigenvalue weighted by Gasteiger charge is -2.08. The van der Waals surface area contributed by atoms with E-state index in [1.807, 2.05) is 6.07 Å². The summed E-state index contributed by atoms with van der Waals surface area (Å²) >= 11 is 0. The molecule has 0 bridgehead atoms. The molecule has 0 aliphatic heterocycles. The molecule has 0 aliphatic carbocycles. The smallest absolute Gasteiger partial charge is 0.350 e. The molecule has 0 fully saturated rings. The number of nitrogens with two attached hydrogens (primary N) is 1. The third-order valence-electron chi connectivity index (χ3n) is 3.11. The zero-order chi connectivity index (χ0) is 14.1. The molecule has 0 amide bonds. The van der Waals surface area contributed by atoms with Crippen molar-refractivity contribution in [1.82, 2.24) is 14.2 Å². The number of fused-ring (bicyclic) bond motifs is 1. The number of ether oxygens (including phenoxy) is 1. The number of rotatable bonds is 3. The molecule has 0 saturated heterocycles. The van der Waals surface area contributed by atoms with E-state index in [1.165, 1.54) is 9.08 Å². The lowest BCUT2D eigenvalue weighted by atomic mass is 10.2. The van der Waals surface area contributed by atoms with Gasteiger partial charge in [-0.05, 0) is 30.3 Å². The minimum atomic E-state index is -0.190. The van der Waals surface area contributed by atoms with Gasteiger partial charge >= 0.3 is 5.69 Å². The number of anilines is 1.